The van der Waals surface area contributed by atoms with Crippen molar-refractivity contribution in [3.05, 3.63) is 24.0 Å². The van der Waals surface area contributed by atoms with Crippen molar-refractivity contribution in [3.8, 4) is 0 Å². The van der Waals surface area contributed by atoms with E-state index in [1.807, 2.05) is 0 Å². The highest BCUT2D eigenvalue weighted by molar-refractivity contribution is 7.91. The van der Waals surface area contributed by atoms with Gasteiger partial charge in [0.25, 0.3) is 0 Å². The van der Waals surface area contributed by atoms with Gasteiger partial charge < -0.3 is 9.64 Å². The van der Waals surface area contributed by atoms with Gasteiger partial charge in [-0.25, -0.2) is 17.6 Å². The van der Waals surface area contributed by atoms with Gasteiger partial charge in [0, 0.05) is 13.1 Å². The summed E-state index contributed by atoms with van der Waals surface area (Å²) in [6.07, 6.45) is -0.570. The van der Waals surface area contributed by atoms with Gasteiger partial charge in [0.2, 0.25) is 0 Å². The first kappa shape index (κ1) is 16.7. The number of aldehydes is 1. The number of hydrogen-bond donors (Lipinski definition) is 0. The zero-order chi connectivity index (χ0) is 17.3. The molecular formula is C15H17FN2O5S. The lowest BCUT2D eigenvalue weighted by Crippen LogP contribution is -2.28. The highest BCUT2D eigenvalue weighted by Crippen LogP contribution is 2.28. The molecule has 2 saturated heterocycles. The second-order valence-corrected chi connectivity index (χ2v) is 8.10. The van der Waals surface area contributed by atoms with Crippen molar-refractivity contribution < 1.29 is 27.1 Å². The summed E-state index contributed by atoms with van der Waals surface area (Å²) in [5.74, 6) is -0.446. The Morgan fingerprint density at radius 2 is 2.04 bits per heavy atom. The van der Waals surface area contributed by atoms with E-state index in [9.17, 15) is 22.4 Å². The Labute approximate surface area is 138 Å². The topological polar surface area (TPSA) is 84.0 Å². The van der Waals surface area contributed by atoms with Crippen LogP contribution in [0.5, 0.6) is 0 Å². The van der Waals surface area contributed by atoms with Gasteiger partial charge in [-0.2, -0.15) is 0 Å². The highest BCUT2D eigenvalue weighted by atomic mass is 32.2. The molecule has 0 aromatic heterocycles. The molecule has 1 aromatic carbocycles. The number of carbonyl (C=O) groups is 2. The SMILES string of the molecule is O=C[C@H]1CN(c2ccc(N3CCCS(=O)(=O)CC3)c(F)c2)C(=O)O1. The first-order valence-corrected chi connectivity index (χ1v) is 9.40. The summed E-state index contributed by atoms with van der Waals surface area (Å²) < 4.78 is 42.6. The van der Waals surface area contributed by atoms with Crippen LogP contribution in [0.15, 0.2) is 18.2 Å². The van der Waals surface area contributed by atoms with Crippen LogP contribution in [0.2, 0.25) is 0 Å². The molecule has 2 aliphatic rings. The molecule has 9 heteroatoms. The summed E-state index contributed by atoms with van der Waals surface area (Å²) in [5.41, 5.74) is 0.600. The lowest BCUT2D eigenvalue weighted by Gasteiger charge is -2.23. The quantitative estimate of drug-likeness (QED) is 0.751. The van der Waals surface area contributed by atoms with E-state index in [0.29, 0.717) is 30.6 Å². The minimum Gasteiger partial charge on any atom is -0.436 e. The number of sulfone groups is 1. The first-order chi connectivity index (χ1) is 11.4. The van der Waals surface area contributed by atoms with E-state index in [1.165, 1.54) is 17.0 Å². The van der Waals surface area contributed by atoms with Crippen LogP contribution in [0, 0.1) is 5.82 Å². The number of carbonyl (C=O) groups excluding carboxylic acids is 2. The van der Waals surface area contributed by atoms with E-state index >= 15 is 0 Å². The molecule has 1 amide bonds. The monoisotopic (exact) mass is 356 g/mol. The Hall–Kier alpha value is -2.16. The van der Waals surface area contributed by atoms with Gasteiger partial charge in [0.1, 0.15) is 5.82 Å². The minimum atomic E-state index is -3.08. The van der Waals surface area contributed by atoms with Crippen LogP contribution < -0.4 is 9.80 Å². The maximum absolute atomic E-state index is 14.5. The fourth-order valence-electron chi connectivity index (χ4n) is 2.87. The molecule has 7 nitrogen and oxygen atoms in total. The molecule has 0 radical (unpaired) electrons. The van der Waals surface area contributed by atoms with Crippen LogP contribution in [-0.4, -0.2) is 58.0 Å². The second kappa shape index (κ2) is 6.39. The number of amides is 1. The van der Waals surface area contributed by atoms with Crippen LogP contribution in [-0.2, 0) is 19.4 Å². The number of ether oxygens (including phenoxy) is 1. The molecule has 3 rings (SSSR count). The zero-order valence-corrected chi connectivity index (χ0v) is 13.7. The van der Waals surface area contributed by atoms with Gasteiger partial charge in [-0.05, 0) is 24.6 Å². The van der Waals surface area contributed by atoms with Crippen LogP contribution in [0.4, 0.5) is 20.6 Å². The highest BCUT2D eigenvalue weighted by Gasteiger charge is 2.32. The molecule has 0 aliphatic carbocycles. The third kappa shape index (κ3) is 3.35. The Morgan fingerprint density at radius 3 is 2.71 bits per heavy atom. The van der Waals surface area contributed by atoms with Crippen LogP contribution >= 0.6 is 0 Å². The Balaban J connectivity index is 1.80. The average molecular weight is 356 g/mol. The molecule has 1 atom stereocenters. The van der Waals surface area contributed by atoms with Crippen molar-refractivity contribution in [2.75, 3.05) is 40.9 Å². The molecule has 2 fully saturated rings. The predicted molar refractivity (Wildman–Crippen MR) is 85.6 cm³/mol. The number of benzene rings is 1. The summed E-state index contributed by atoms with van der Waals surface area (Å²) in [7, 11) is -3.08. The van der Waals surface area contributed by atoms with Gasteiger partial charge in [0.15, 0.2) is 22.2 Å². The maximum Gasteiger partial charge on any atom is 0.415 e. The fourth-order valence-corrected chi connectivity index (χ4v) is 4.14. The summed E-state index contributed by atoms with van der Waals surface area (Å²) in [5, 5.41) is 0. The van der Waals surface area contributed by atoms with Gasteiger partial charge in [-0.3, -0.25) is 9.69 Å². The summed E-state index contributed by atoms with van der Waals surface area (Å²) in [4.78, 5) is 25.3. The Morgan fingerprint density at radius 1 is 1.25 bits per heavy atom. The predicted octanol–water partition coefficient (Wildman–Crippen LogP) is 0.975. The number of halogens is 1. The lowest BCUT2D eigenvalue weighted by molar-refractivity contribution is -0.113. The van der Waals surface area contributed by atoms with Crippen molar-refractivity contribution in [1.29, 1.82) is 0 Å². The smallest absolute Gasteiger partial charge is 0.415 e. The standard InChI is InChI=1S/C15H17FN2O5S/c16-13-8-11(18-9-12(10-19)23-15(18)20)2-3-14(13)17-4-1-6-24(21,22)7-5-17/h2-3,8,10,12H,1,4-7,9H2/t12-/m1/s1. The molecule has 0 bridgehead atoms. The Kier molecular flexibility index (Phi) is 4.44. The fraction of sp³-hybridized carbons (Fsp3) is 0.467. The molecule has 24 heavy (non-hydrogen) atoms. The van der Waals surface area contributed by atoms with E-state index in [4.69, 9.17) is 4.74 Å². The summed E-state index contributed by atoms with van der Waals surface area (Å²) >= 11 is 0. The maximum atomic E-state index is 14.5. The van der Waals surface area contributed by atoms with Crippen molar-refractivity contribution in [2.45, 2.75) is 12.5 Å². The van der Waals surface area contributed by atoms with E-state index in [2.05, 4.69) is 0 Å². The molecule has 1 aromatic rings. The third-order valence-corrected chi connectivity index (χ3v) is 5.84. The van der Waals surface area contributed by atoms with Crippen molar-refractivity contribution >= 4 is 33.6 Å². The third-order valence-electron chi connectivity index (χ3n) is 4.13. The van der Waals surface area contributed by atoms with Crippen LogP contribution in [0.25, 0.3) is 0 Å². The molecule has 0 spiro atoms. The van der Waals surface area contributed by atoms with Gasteiger partial charge in [0.05, 0.1) is 29.4 Å². The van der Waals surface area contributed by atoms with E-state index in [0.717, 1.165) is 0 Å². The molecule has 0 saturated carbocycles. The zero-order valence-electron chi connectivity index (χ0n) is 12.9. The number of hydrogen-bond acceptors (Lipinski definition) is 6. The molecular weight excluding hydrogens is 339 g/mol. The lowest BCUT2D eigenvalue weighted by atomic mass is 10.2. The van der Waals surface area contributed by atoms with E-state index in [1.54, 1.807) is 11.0 Å². The van der Waals surface area contributed by atoms with Crippen molar-refractivity contribution in [2.24, 2.45) is 0 Å². The number of anilines is 2. The molecule has 0 unspecified atom stereocenters. The van der Waals surface area contributed by atoms with E-state index < -0.39 is 27.9 Å². The van der Waals surface area contributed by atoms with Gasteiger partial charge >= 0.3 is 6.09 Å². The average Bonchev–Trinajstić information content (AvgIpc) is 2.82. The van der Waals surface area contributed by atoms with E-state index in [-0.39, 0.29) is 24.6 Å². The summed E-state index contributed by atoms with van der Waals surface area (Å²) in [6, 6.07) is 4.28. The van der Waals surface area contributed by atoms with Crippen molar-refractivity contribution in [3.63, 3.8) is 0 Å². The molecule has 2 heterocycles. The Bertz CT molecular complexity index is 767. The van der Waals surface area contributed by atoms with Gasteiger partial charge in [-0.15, -0.1) is 0 Å². The molecule has 0 N–H and O–H groups in total. The number of rotatable bonds is 3. The van der Waals surface area contributed by atoms with Crippen LogP contribution in [0.3, 0.4) is 0 Å². The molecule has 130 valence electrons. The van der Waals surface area contributed by atoms with Gasteiger partial charge in [-0.1, -0.05) is 0 Å². The number of nitrogens with zero attached hydrogens (tertiary/aromatic N) is 2. The number of cyclic esters (lactones) is 1. The van der Waals surface area contributed by atoms with Crippen LogP contribution in [0.1, 0.15) is 6.42 Å². The summed E-state index contributed by atoms with van der Waals surface area (Å²) in [6.45, 7) is 0.731. The van der Waals surface area contributed by atoms with Crippen molar-refractivity contribution in [1.82, 2.24) is 0 Å². The largest absolute Gasteiger partial charge is 0.436 e. The molecule has 2 aliphatic heterocycles. The first-order valence-electron chi connectivity index (χ1n) is 7.58. The second-order valence-electron chi connectivity index (χ2n) is 5.80. The normalized spacial score (nSPS) is 23.7. The minimum absolute atomic E-state index is 0.00629.